The van der Waals surface area contributed by atoms with Gasteiger partial charge in [0.25, 0.3) is 0 Å². The molecule has 3 heteroatoms. The van der Waals surface area contributed by atoms with Gasteiger partial charge in [-0.3, -0.25) is 0 Å². The van der Waals surface area contributed by atoms with Crippen LogP contribution in [0.2, 0.25) is 0 Å². The maximum Gasteiger partial charge on any atom is 0.159 e. The Balaban J connectivity index is 1.12. The molecule has 1 aliphatic carbocycles. The van der Waals surface area contributed by atoms with Crippen molar-refractivity contribution in [3.8, 4) is 44.9 Å². The Morgan fingerprint density at radius 1 is 0.397 bits per heavy atom. The maximum absolute atomic E-state index is 7.26. The van der Waals surface area contributed by atoms with Gasteiger partial charge in [-0.2, -0.15) is 0 Å². The Bertz CT molecular complexity index is 2950. The number of para-hydroxylation sites is 3. The third-order valence-corrected chi connectivity index (χ3v) is 12.0. The standard InChI is InChI=1S/C55H40N2O/c1-55(2)48-28-13-12-24-44(48)46-26-15-29-49(53(46)55)57(42-33-31-38(32-34-42)37-17-6-3-7-18-37)43-35-39-19-14-25-45-47-27-16-30-50(54(47)58-51(36-43)52(39)45)56(40-20-8-4-9-21-40)41-22-10-5-11-23-41/h3-36H,1-2H3. The molecule has 0 fully saturated rings. The molecule has 0 saturated heterocycles. The zero-order valence-corrected chi connectivity index (χ0v) is 32.4. The molecule has 0 saturated carbocycles. The van der Waals surface area contributed by atoms with Gasteiger partial charge in [0, 0.05) is 39.5 Å². The van der Waals surface area contributed by atoms with E-state index in [9.17, 15) is 0 Å². The smallest absolute Gasteiger partial charge is 0.159 e. The zero-order chi connectivity index (χ0) is 38.8. The molecule has 276 valence electrons. The zero-order valence-electron chi connectivity index (χ0n) is 32.4. The lowest BCUT2D eigenvalue weighted by atomic mass is 9.81. The molecule has 0 atom stereocenters. The van der Waals surface area contributed by atoms with Crippen LogP contribution < -0.4 is 14.5 Å². The highest BCUT2D eigenvalue weighted by atomic mass is 16.5. The largest absolute Gasteiger partial charge is 0.454 e. The first kappa shape index (κ1) is 33.9. The van der Waals surface area contributed by atoms with E-state index in [1.165, 1.54) is 38.9 Å². The molecule has 9 aromatic carbocycles. The minimum atomic E-state index is -0.217. The SMILES string of the molecule is CC1(C)c2ccccc2-c2cccc(N(c3ccc(-c4ccccc4)cc3)c3cc4c5c(cccc5c3)-c3cccc(N(c5ccccc5)c5ccccc5)c3O4)c21. The van der Waals surface area contributed by atoms with E-state index in [1.807, 2.05) is 0 Å². The van der Waals surface area contributed by atoms with Crippen LogP contribution in [0.4, 0.5) is 34.1 Å². The molecular formula is C55H40N2O. The van der Waals surface area contributed by atoms with Crippen LogP contribution in [-0.4, -0.2) is 0 Å². The molecule has 1 aliphatic heterocycles. The van der Waals surface area contributed by atoms with Crippen LogP contribution in [0.15, 0.2) is 206 Å². The maximum atomic E-state index is 7.26. The minimum absolute atomic E-state index is 0.217. The topological polar surface area (TPSA) is 15.7 Å². The van der Waals surface area contributed by atoms with E-state index in [0.717, 1.165) is 62.0 Å². The van der Waals surface area contributed by atoms with Gasteiger partial charge in [-0.15, -0.1) is 0 Å². The van der Waals surface area contributed by atoms with Crippen LogP contribution in [0.5, 0.6) is 11.5 Å². The number of rotatable bonds is 7. The molecule has 0 unspecified atom stereocenters. The number of nitrogens with zero attached hydrogens (tertiary/aromatic N) is 2. The fourth-order valence-electron chi connectivity index (χ4n) is 9.38. The molecule has 9 aromatic rings. The lowest BCUT2D eigenvalue weighted by molar-refractivity contribution is 0.488. The van der Waals surface area contributed by atoms with Crippen molar-refractivity contribution in [1.82, 2.24) is 0 Å². The summed E-state index contributed by atoms with van der Waals surface area (Å²) in [7, 11) is 0. The first-order valence-corrected chi connectivity index (χ1v) is 20.0. The van der Waals surface area contributed by atoms with Crippen LogP contribution in [0.3, 0.4) is 0 Å². The molecule has 0 spiro atoms. The summed E-state index contributed by atoms with van der Waals surface area (Å²) in [5.41, 5.74) is 16.1. The Kier molecular flexibility index (Phi) is 7.84. The summed E-state index contributed by atoms with van der Waals surface area (Å²) in [5.74, 6) is 1.67. The fraction of sp³-hybridized carbons (Fsp3) is 0.0545. The molecule has 3 nitrogen and oxygen atoms in total. The average molecular weight is 745 g/mol. The summed E-state index contributed by atoms with van der Waals surface area (Å²) in [5, 5.41) is 2.25. The van der Waals surface area contributed by atoms with Crippen LogP contribution in [0.25, 0.3) is 44.2 Å². The third kappa shape index (κ3) is 5.35. The van der Waals surface area contributed by atoms with E-state index in [2.05, 4.69) is 230 Å². The Hall–Kier alpha value is -7.36. The summed E-state index contributed by atoms with van der Waals surface area (Å²) in [6.07, 6.45) is 0. The van der Waals surface area contributed by atoms with Crippen molar-refractivity contribution in [2.24, 2.45) is 0 Å². The normalized spacial score (nSPS) is 12.9. The van der Waals surface area contributed by atoms with Crippen molar-refractivity contribution in [3.63, 3.8) is 0 Å². The predicted molar refractivity (Wildman–Crippen MR) is 242 cm³/mol. The second-order valence-corrected chi connectivity index (χ2v) is 15.7. The first-order chi connectivity index (χ1) is 28.5. The van der Waals surface area contributed by atoms with Crippen molar-refractivity contribution < 1.29 is 4.74 Å². The summed E-state index contributed by atoms with van der Waals surface area (Å²) >= 11 is 0. The molecule has 0 aromatic heterocycles. The Morgan fingerprint density at radius 2 is 0.931 bits per heavy atom. The number of hydrogen-bond acceptors (Lipinski definition) is 3. The average Bonchev–Trinajstić information content (AvgIpc) is 3.52. The molecule has 2 aliphatic rings. The van der Waals surface area contributed by atoms with Crippen molar-refractivity contribution in [3.05, 3.63) is 217 Å². The first-order valence-electron chi connectivity index (χ1n) is 20.0. The summed E-state index contributed by atoms with van der Waals surface area (Å²) in [6.45, 7) is 4.72. The quantitative estimate of drug-likeness (QED) is 0.162. The van der Waals surface area contributed by atoms with E-state index in [-0.39, 0.29) is 5.41 Å². The molecule has 58 heavy (non-hydrogen) atoms. The minimum Gasteiger partial charge on any atom is -0.454 e. The third-order valence-electron chi connectivity index (χ3n) is 12.0. The van der Waals surface area contributed by atoms with E-state index in [4.69, 9.17) is 4.74 Å². The molecule has 11 rings (SSSR count). The van der Waals surface area contributed by atoms with Gasteiger partial charge in [-0.1, -0.05) is 159 Å². The van der Waals surface area contributed by atoms with Crippen molar-refractivity contribution in [2.45, 2.75) is 19.3 Å². The highest BCUT2D eigenvalue weighted by Crippen LogP contribution is 2.57. The van der Waals surface area contributed by atoms with Gasteiger partial charge in [-0.25, -0.2) is 0 Å². The van der Waals surface area contributed by atoms with Crippen LogP contribution in [0, 0.1) is 0 Å². The summed E-state index contributed by atoms with van der Waals surface area (Å²) < 4.78 is 7.26. The molecule has 0 amide bonds. The van der Waals surface area contributed by atoms with Crippen LogP contribution in [0.1, 0.15) is 25.0 Å². The Morgan fingerprint density at radius 3 is 1.66 bits per heavy atom. The van der Waals surface area contributed by atoms with Crippen molar-refractivity contribution in [1.29, 1.82) is 0 Å². The number of anilines is 6. The highest BCUT2D eigenvalue weighted by molar-refractivity contribution is 6.08. The second kappa shape index (κ2) is 13.4. The monoisotopic (exact) mass is 744 g/mol. The molecule has 0 bridgehead atoms. The summed E-state index contributed by atoms with van der Waals surface area (Å²) in [4.78, 5) is 4.73. The number of ether oxygens (including phenoxy) is 1. The van der Waals surface area contributed by atoms with Crippen molar-refractivity contribution in [2.75, 3.05) is 9.80 Å². The fourth-order valence-corrected chi connectivity index (χ4v) is 9.38. The lowest BCUT2D eigenvalue weighted by Crippen LogP contribution is -2.20. The van der Waals surface area contributed by atoms with E-state index in [1.54, 1.807) is 0 Å². The highest BCUT2D eigenvalue weighted by Gasteiger charge is 2.39. The van der Waals surface area contributed by atoms with Crippen LogP contribution >= 0.6 is 0 Å². The molecule has 1 heterocycles. The van der Waals surface area contributed by atoms with E-state index >= 15 is 0 Å². The molecular weight excluding hydrogens is 705 g/mol. The number of benzene rings is 9. The van der Waals surface area contributed by atoms with Crippen LogP contribution in [-0.2, 0) is 5.41 Å². The molecule has 0 N–H and O–H groups in total. The second-order valence-electron chi connectivity index (χ2n) is 15.7. The van der Waals surface area contributed by atoms with Gasteiger partial charge in [-0.05, 0) is 98.9 Å². The predicted octanol–water partition coefficient (Wildman–Crippen LogP) is 15.5. The van der Waals surface area contributed by atoms with Gasteiger partial charge in [0.05, 0.1) is 17.1 Å². The van der Waals surface area contributed by atoms with Gasteiger partial charge < -0.3 is 14.5 Å². The van der Waals surface area contributed by atoms with Gasteiger partial charge in [0.2, 0.25) is 0 Å². The molecule has 0 radical (unpaired) electrons. The van der Waals surface area contributed by atoms with Gasteiger partial charge >= 0.3 is 0 Å². The summed E-state index contributed by atoms with van der Waals surface area (Å²) in [6, 6.07) is 74.1. The number of fused-ring (bicyclic) bond motifs is 5. The van der Waals surface area contributed by atoms with E-state index in [0.29, 0.717) is 0 Å². The van der Waals surface area contributed by atoms with Gasteiger partial charge in [0.15, 0.2) is 5.75 Å². The van der Waals surface area contributed by atoms with Gasteiger partial charge in [0.1, 0.15) is 5.75 Å². The van der Waals surface area contributed by atoms with E-state index < -0.39 is 0 Å². The number of hydrogen-bond donors (Lipinski definition) is 0. The Labute approximate surface area is 339 Å². The lowest BCUT2D eigenvalue weighted by Gasteiger charge is -2.34. The van der Waals surface area contributed by atoms with Crippen molar-refractivity contribution >= 4 is 44.9 Å².